The number of nitrogens with one attached hydrogen (secondary N) is 13. The standard InChI is InChI=1S/C70H80F2N16O15/c1-36-62(96)78-34-59(92)82-53(24-41-31-75-49-18-14-43(71)26-47(41)49)64(98)83-54(25-42-32-76-50-19-15-44(72)27-48(42)50)65(99)85-56(29-60(93)94)67(101)84-55(28-45-33-74-35-79-45)66(100)86-57(23-39-12-16-46(90)17-13-39)68(102)88-21-5-20-70(88,3)69(103)87-52(61(73)95)22-38-8-10-40(11-9-38)30-77-58(91)7-4-6-51(63(97)80-36)81-37(2)89/h8-19,26-27,31-33,35-36,51-57,75-76,90H,4-7,20-25,28-30,34H2,1-3H3,(H2,73,95)(H,74,79)(H,77,91)(H,78,96)(H,80,97)(H,81,89)(H,82,92)(H,83,98)(H,84,101)(H,85,99)(H,86,100)(H,87,103)(H,93,94)/t36-,51-,52-,53-,54-,55-,56-,57-,70-/m0/s1. The molecular formula is C70H80F2N16O15. The highest BCUT2D eigenvalue weighted by Gasteiger charge is 2.49. The van der Waals surface area contributed by atoms with Crippen LogP contribution < -0.4 is 58.9 Å². The van der Waals surface area contributed by atoms with Crippen molar-refractivity contribution in [3.63, 3.8) is 0 Å². The summed E-state index contributed by atoms with van der Waals surface area (Å²) < 4.78 is 29.8. The van der Waals surface area contributed by atoms with Gasteiger partial charge in [-0.3, -0.25) is 62.3 Å². The van der Waals surface area contributed by atoms with E-state index < -0.39 is 175 Å². The van der Waals surface area contributed by atoms with E-state index in [1.807, 2.05) is 0 Å². The van der Waals surface area contributed by atoms with Crippen LogP contribution in [0.5, 0.6) is 5.75 Å². The Kier molecular flexibility index (Phi) is 24.7. The van der Waals surface area contributed by atoms with Gasteiger partial charge in [-0.15, -0.1) is 0 Å². The van der Waals surface area contributed by atoms with Gasteiger partial charge in [-0.05, 0) is 116 Å². The Morgan fingerprint density at radius 3 is 1.79 bits per heavy atom. The molecular weight excluding hydrogens is 1340 g/mol. The first-order valence-electron chi connectivity index (χ1n) is 33.2. The summed E-state index contributed by atoms with van der Waals surface area (Å²) in [5.74, 6) is -14.0. The number of halogens is 2. The van der Waals surface area contributed by atoms with Crippen molar-refractivity contribution in [2.45, 2.75) is 152 Å². The molecule has 0 saturated carbocycles. The minimum Gasteiger partial charge on any atom is -0.508 e. The molecule has 0 aliphatic carbocycles. The third-order valence-corrected chi connectivity index (χ3v) is 18.0. The molecule has 0 radical (unpaired) electrons. The van der Waals surface area contributed by atoms with Crippen LogP contribution in [0.15, 0.2) is 110 Å². The second-order valence-electron chi connectivity index (χ2n) is 25.7. The number of benzene rings is 4. The van der Waals surface area contributed by atoms with Gasteiger partial charge in [0.15, 0.2) is 0 Å². The highest BCUT2D eigenvalue weighted by atomic mass is 19.1. The van der Waals surface area contributed by atoms with E-state index in [2.05, 4.69) is 73.1 Å². The average molecular weight is 1420 g/mol. The Balaban J connectivity index is 1.06. The number of aliphatic carboxylic acids is 1. The number of amides is 12. The fraction of sp³-hybridized carbons (Fsp3) is 0.371. The molecule has 7 aromatic rings. The highest BCUT2D eigenvalue weighted by molar-refractivity contribution is 6.01. The summed E-state index contributed by atoms with van der Waals surface area (Å²) in [4.78, 5) is 196. The molecule has 3 aliphatic heterocycles. The quantitative estimate of drug-likeness (QED) is 0.0719. The van der Waals surface area contributed by atoms with Crippen LogP contribution in [0.4, 0.5) is 8.78 Å². The Hall–Kier alpha value is -12.1. The number of primary amides is 1. The summed E-state index contributed by atoms with van der Waals surface area (Å²) in [5.41, 5.74) is 7.23. The Morgan fingerprint density at radius 2 is 1.20 bits per heavy atom. The summed E-state index contributed by atoms with van der Waals surface area (Å²) in [7, 11) is 0. The molecule has 6 heterocycles. The van der Waals surface area contributed by atoms with Gasteiger partial charge in [-0.2, -0.15) is 0 Å². The van der Waals surface area contributed by atoms with E-state index >= 15 is 14.4 Å². The number of rotatable bonds is 12. The monoisotopic (exact) mass is 1420 g/mol. The zero-order valence-electron chi connectivity index (χ0n) is 56.3. The number of fused-ring (bicyclic) bond motifs is 35. The average Bonchev–Trinajstić information content (AvgIpc) is 1.69. The number of aromatic amines is 3. The number of carbonyl (C=O) groups excluding carboxylic acids is 12. The Morgan fingerprint density at radius 1 is 0.631 bits per heavy atom. The minimum absolute atomic E-state index is 0.0269. The zero-order valence-corrected chi connectivity index (χ0v) is 56.3. The van der Waals surface area contributed by atoms with Gasteiger partial charge >= 0.3 is 5.97 Å². The molecule has 10 rings (SSSR count). The lowest BCUT2D eigenvalue weighted by atomic mass is 9.94. The first-order chi connectivity index (χ1) is 49.1. The third kappa shape index (κ3) is 20.1. The van der Waals surface area contributed by atoms with Gasteiger partial charge in [0.2, 0.25) is 70.9 Å². The van der Waals surface area contributed by atoms with Crippen molar-refractivity contribution >= 4 is 98.7 Å². The number of carboxylic acid groups (broad SMARTS) is 1. The molecule has 544 valence electrons. The van der Waals surface area contributed by atoms with E-state index in [0.29, 0.717) is 27.7 Å². The van der Waals surface area contributed by atoms with Crippen molar-refractivity contribution in [2.75, 3.05) is 13.1 Å². The topological polar surface area (TPSA) is 472 Å². The maximum absolute atomic E-state index is 15.2. The van der Waals surface area contributed by atoms with Crippen molar-refractivity contribution < 1.29 is 81.3 Å². The zero-order chi connectivity index (χ0) is 74.2. The number of aromatic nitrogens is 4. The lowest BCUT2D eigenvalue weighted by Gasteiger charge is -2.37. The molecule has 9 atom stereocenters. The number of imidazole rings is 1. The van der Waals surface area contributed by atoms with E-state index in [9.17, 15) is 66.9 Å². The van der Waals surface area contributed by atoms with Crippen molar-refractivity contribution in [1.29, 1.82) is 0 Å². The second kappa shape index (κ2) is 33.9. The fourth-order valence-electron chi connectivity index (χ4n) is 12.4. The van der Waals surface area contributed by atoms with Gasteiger partial charge in [0.05, 0.1) is 25.0 Å². The van der Waals surface area contributed by atoms with Crippen LogP contribution in [0.25, 0.3) is 21.8 Å². The van der Waals surface area contributed by atoms with Gasteiger partial charge in [-0.25, -0.2) is 13.8 Å². The molecule has 3 aromatic heterocycles. The number of aromatic hydroxyl groups is 1. The Labute approximate surface area is 587 Å². The summed E-state index contributed by atoms with van der Waals surface area (Å²) in [6, 6.07) is 6.95. The van der Waals surface area contributed by atoms with Gasteiger partial charge in [0, 0.05) is 98.9 Å². The van der Waals surface area contributed by atoms with Crippen LogP contribution in [0.3, 0.4) is 0 Å². The van der Waals surface area contributed by atoms with E-state index in [1.165, 1.54) is 86.1 Å². The van der Waals surface area contributed by atoms with Gasteiger partial charge in [0.25, 0.3) is 0 Å². The molecule has 33 heteroatoms. The van der Waals surface area contributed by atoms with Crippen molar-refractivity contribution in [3.8, 4) is 5.75 Å². The van der Waals surface area contributed by atoms with Crippen molar-refractivity contribution in [3.05, 3.63) is 155 Å². The maximum atomic E-state index is 15.2. The number of hydrogen-bond donors (Lipinski definition) is 16. The summed E-state index contributed by atoms with van der Waals surface area (Å²) in [5, 5.41) is 46.6. The van der Waals surface area contributed by atoms with E-state index in [-0.39, 0.29) is 91.4 Å². The summed E-state index contributed by atoms with van der Waals surface area (Å²) >= 11 is 0. The predicted octanol–water partition coefficient (Wildman–Crippen LogP) is 0.0450. The van der Waals surface area contributed by atoms with E-state index in [1.54, 1.807) is 24.3 Å². The van der Waals surface area contributed by atoms with Gasteiger partial charge in [-0.1, -0.05) is 36.4 Å². The molecule has 12 amide bonds. The van der Waals surface area contributed by atoms with Crippen LogP contribution in [0, 0.1) is 11.6 Å². The molecule has 3 aliphatic rings. The lowest BCUT2D eigenvalue weighted by molar-refractivity contribution is -0.147. The SMILES string of the molecule is CC(=O)N[C@H]1CCCC(=O)NCc2ccc(cc2)C[C@@H](C(N)=O)NC(=O)[C@]2(C)CCCN2C(=O)[C@H](Cc2ccc(O)cc2)NC(=O)[C@H](Cc2c[nH]cn2)NC(=O)[C@H](CC(=O)O)NC(=O)[C@H](Cc2c[nH]c3ccc(F)cc23)NC(=O)[C@H](Cc2c[nH]c3ccc(F)cc23)NC(=O)CNC(=O)[C@H](C)NC1=O. The Bertz CT molecular complexity index is 4340. The van der Waals surface area contributed by atoms with Crippen LogP contribution in [0.2, 0.25) is 0 Å². The molecule has 1 saturated heterocycles. The number of nitrogens with zero attached hydrogens (tertiary/aromatic N) is 2. The predicted molar refractivity (Wildman–Crippen MR) is 364 cm³/mol. The molecule has 0 spiro atoms. The normalized spacial score (nSPS) is 23.2. The molecule has 0 unspecified atom stereocenters. The summed E-state index contributed by atoms with van der Waals surface area (Å²) in [6.07, 6.45) is 2.84. The lowest BCUT2D eigenvalue weighted by Crippen LogP contribution is -2.63. The van der Waals surface area contributed by atoms with Crippen LogP contribution >= 0.6 is 0 Å². The highest BCUT2D eigenvalue weighted by Crippen LogP contribution is 2.32. The number of carboxylic acids is 1. The number of phenols is 1. The molecule has 4 aromatic carbocycles. The van der Waals surface area contributed by atoms with Gasteiger partial charge in [0.1, 0.15) is 71.3 Å². The van der Waals surface area contributed by atoms with Crippen LogP contribution in [-0.2, 0) is 101 Å². The largest absolute Gasteiger partial charge is 0.508 e. The molecule has 31 nitrogen and oxygen atoms in total. The molecule has 1 fully saturated rings. The van der Waals surface area contributed by atoms with E-state index in [4.69, 9.17) is 5.73 Å². The number of nitrogens with two attached hydrogens (primary N) is 1. The van der Waals surface area contributed by atoms with Crippen molar-refractivity contribution in [1.82, 2.24) is 78.0 Å². The fourth-order valence-corrected chi connectivity index (χ4v) is 12.4. The number of H-pyrrole nitrogens is 3. The van der Waals surface area contributed by atoms with Crippen LogP contribution in [0.1, 0.15) is 92.8 Å². The second-order valence-corrected chi connectivity index (χ2v) is 25.7. The number of phenolic OH excluding ortho intramolecular Hbond substituents is 1. The first kappa shape index (κ1) is 75.1. The number of hydrogen-bond acceptors (Lipinski definition) is 15. The molecule has 2 bridgehead atoms. The summed E-state index contributed by atoms with van der Waals surface area (Å²) in [6.45, 7) is 3.11. The van der Waals surface area contributed by atoms with Crippen LogP contribution in [-0.4, -0.2) is 179 Å². The van der Waals surface area contributed by atoms with Crippen molar-refractivity contribution in [2.24, 2.45) is 5.73 Å². The smallest absolute Gasteiger partial charge is 0.305 e. The molecule has 17 N–H and O–H groups in total. The van der Waals surface area contributed by atoms with E-state index in [0.717, 1.165) is 25.1 Å². The molecule has 103 heavy (non-hydrogen) atoms. The third-order valence-electron chi connectivity index (χ3n) is 18.0. The number of carbonyl (C=O) groups is 13. The van der Waals surface area contributed by atoms with Gasteiger partial charge < -0.3 is 89.0 Å². The minimum atomic E-state index is -2.08. The maximum Gasteiger partial charge on any atom is 0.305 e. The first-order valence-corrected chi connectivity index (χ1v) is 33.2.